The Balaban J connectivity index is 2.08. The Hall–Kier alpha value is -1.44. The minimum absolute atomic E-state index is 0.196. The molecule has 2 heterocycles. The molecule has 1 fully saturated rings. The highest BCUT2D eigenvalue weighted by atomic mass is 127. The van der Waals surface area contributed by atoms with E-state index in [1.54, 1.807) is 0 Å². The first-order chi connectivity index (χ1) is 9.60. The zero-order chi connectivity index (χ0) is 14.3. The van der Waals surface area contributed by atoms with Crippen molar-refractivity contribution in [2.24, 2.45) is 7.05 Å². The van der Waals surface area contributed by atoms with E-state index in [9.17, 15) is 9.59 Å². The number of piperidine rings is 1. The van der Waals surface area contributed by atoms with Gasteiger partial charge in [-0.15, -0.1) is 0 Å². The number of benzene rings is 1. The van der Waals surface area contributed by atoms with E-state index in [2.05, 4.69) is 45.1 Å². The van der Waals surface area contributed by atoms with Crippen LogP contribution in [0.15, 0.2) is 18.2 Å². The Morgan fingerprint density at radius 1 is 1.45 bits per heavy atom. The number of halogens is 1. The molecule has 20 heavy (non-hydrogen) atoms. The molecular weight excluding hydrogens is 369 g/mol. The Kier molecular flexibility index (Phi) is 3.49. The molecule has 104 valence electrons. The van der Waals surface area contributed by atoms with Gasteiger partial charge in [0.2, 0.25) is 11.8 Å². The summed E-state index contributed by atoms with van der Waals surface area (Å²) >= 11 is 2.32. The maximum absolute atomic E-state index is 12.0. The van der Waals surface area contributed by atoms with Crippen molar-refractivity contribution in [1.82, 2.24) is 15.1 Å². The van der Waals surface area contributed by atoms with Crippen molar-refractivity contribution in [3.63, 3.8) is 0 Å². The lowest BCUT2D eigenvalue weighted by molar-refractivity contribution is -0.134. The van der Waals surface area contributed by atoms with Crippen LogP contribution in [0.5, 0.6) is 0 Å². The highest BCUT2D eigenvalue weighted by molar-refractivity contribution is 14.1. The fourth-order valence-electron chi connectivity index (χ4n) is 2.63. The number of aromatic nitrogens is 2. The minimum atomic E-state index is -0.332. The lowest BCUT2D eigenvalue weighted by atomic mass is 9.92. The molecule has 0 spiro atoms. The molecule has 0 saturated carbocycles. The summed E-state index contributed by atoms with van der Waals surface area (Å²) in [6, 6.07) is 6.19. The smallest absolute Gasteiger partial charge is 0.235 e. The molecule has 3 rings (SSSR count). The number of hydrogen-bond acceptors (Lipinski definition) is 3. The summed E-state index contributed by atoms with van der Waals surface area (Å²) in [6.45, 7) is 0. The lowest BCUT2D eigenvalue weighted by Gasteiger charge is -2.19. The van der Waals surface area contributed by atoms with Gasteiger partial charge in [-0.1, -0.05) is 34.7 Å². The molecule has 1 atom stereocenters. The number of fused-ring (bicyclic) bond motifs is 1. The number of hydrogen-bond donors (Lipinski definition) is 1. The molecule has 1 aromatic heterocycles. The van der Waals surface area contributed by atoms with Crippen molar-refractivity contribution >= 4 is 45.3 Å². The SMILES string of the molecule is Cn1nc(C2CCC(=O)NC2=O)c2ccc(CI)cc21. The van der Waals surface area contributed by atoms with Gasteiger partial charge in [0, 0.05) is 23.3 Å². The number of rotatable bonds is 2. The monoisotopic (exact) mass is 383 g/mol. The second kappa shape index (κ2) is 5.16. The van der Waals surface area contributed by atoms with Crippen molar-refractivity contribution in [3.05, 3.63) is 29.5 Å². The summed E-state index contributed by atoms with van der Waals surface area (Å²) in [7, 11) is 1.88. The van der Waals surface area contributed by atoms with Gasteiger partial charge < -0.3 is 0 Å². The second-order valence-corrected chi connectivity index (χ2v) is 5.76. The van der Waals surface area contributed by atoms with Gasteiger partial charge in [-0.25, -0.2) is 0 Å². The molecule has 1 aliphatic heterocycles. The predicted octanol–water partition coefficient (Wildman–Crippen LogP) is 2.03. The summed E-state index contributed by atoms with van der Waals surface area (Å²) in [6.07, 6.45) is 0.908. The highest BCUT2D eigenvalue weighted by Crippen LogP contribution is 2.30. The van der Waals surface area contributed by atoms with E-state index in [1.165, 1.54) is 5.56 Å². The van der Waals surface area contributed by atoms with Crippen LogP contribution in [-0.4, -0.2) is 21.6 Å². The number of aryl methyl sites for hydroxylation is 1. The van der Waals surface area contributed by atoms with E-state index >= 15 is 0 Å². The standard InChI is InChI=1S/C14H14IN3O2/c1-18-11-6-8(7-15)2-3-9(11)13(17-18)10-4-5-12(19)16-14(10)20/h2-3,6,10H,4-5,7H2,1H3,(H,16,19,20). The number of nitrogens with zero attached hydrogens (tertiary/aromatic N) is 2. The van der Waals surface area contributed by atoms with Crippen LogP contribution < -0.4 is 5.32 Å². The Labute approximate surface area is 129 Å². The lowest BCUT2D eigenvalue weighted by Crippen LogP contribution is -2.39. The van der Waals surface area contributed by atoms with Gasteiger partial charge in [0.15, 0.2) is 0 Å². The minimum Gasteiger partial charge on any atom is -0.296 e. The number of nitrogens with one attached hydrogen (secondary N) is 1. The molecular formula is C14H14IN3O2. The number of alkyl halides is 1. The molecule has 0 radical (unpaired) electrons. The summed E-state index contributed by atoms with van der Waals surface area (Å²) in [4.78, 5) is 23.2. The average molecular weight is 383 g/mol. The molecule has 1 N–H and O–H groups in total. The third-order valence-corrected chi connectivity index (χ3v) is 4.55. The third-order valence-electron chi connectivity index (χ3n) is 3.67. The number of imide groups is 1. The van der Waals surface area contributed by atoms with Crippen LogP contribution in [0.3, 0.4) is 0 Å². The van der Waals surface area contributed by atoms with Crippen LogP contribution in [0.25, 0.3) is 10.9 Å². The van der Waals surface area contributed by atoms with Crippen LogP contribution in [0, 0.1) is 0 Å². The Bertz CT molecular complexity index is 708. The first-order valence-corrected chi connectivity index (χ1v) is 7.98. The van der Waals surface area contributed by atoms with Crippen LogP contribution in [-0.2, 0) is 21.1 Å². The zero-order valence-corrected chi connectivity index (χ0v) is 13.2. The summed E-state index contributed by atoms with van der Waals surface area (Å²) in [5.41, 5.74) is 3.03. The maximum Gasteiger partial charge on any atom is 0.235 e. The average Bonchev–Trinajstić information content (AvgIpc) is 2.75. The maximum atomic E-state index is 12.0. The number of amides is 2. The second-order valence-electron chi connectivity index (χ2n) is 5.00. The van der Waals surface area contributed by atoms with Crippen molar-refractivity contribution in [1.29, 1.82) is 0 Å². The first-order valence-electron chi connectivity index (χ1n) is 6.45. The molecule has 5 nitrogen and oxygen atoms in total. The van der Waals surface area contributed by atoms with Gasteiger partial charge in [-0.05, 0) is 18.1 Å². The normalized spacial score (nSPS) is 19.4. The molecule has 1 aliphatic rings. The van der Waals surface area contributed by atoms with Crippen LogP contribution in [0.1, 0.15) is 30.0 Å². The quantitative estimate of drug-likeness (QED) is 0.491. The molecule has 1 saturated heterocycles. The predicted molar refractivity (Wildman–Crippen MR) is 83.6 cm³/mol. The van der Waals surface area contributed by atoms with Crippen molar-refractivity contribution in [3.8, 4) is 0 Å². The van der Waals surface area contributed by atoms with Crippen molar-refractivity contribution in [2.45, 2.75) is 23.2 Å². The van der Waals surface area contributed by atoms with Gasteiger partial charge in [0.25, 0.3) is 0 Å². The summed E-state index contributed by atoms with van der Waals surface area (Å²) < 4.78 is 2.75. The van der Waals surface area contributed by atoms with Gasteiger partial charge in [-0.2, -0.15) is 5.10 Å². The zero-order valence-electron chi connectivity index (χ0n) is 11.0. The van der Waals surface area contributed by atoms with E-state index in [-0.39, 0.29) is 17.7 Å². The summed E-state index contributed by atoms with van der Waals surface area (Å²) in [5.74, 6) is -0.764. The molecule has 0 bridgehead atoms. The molecule has 1 aromatic carbocycles. The largest absolute Gasteiger partial charge is 0.296 e. The summed E-state index contributed by atoms with van der Waals surface area (Å²) in [5, 5.41) is 7.90. The van der Waals surface area contributed by atoms with E-state index in [4.69, 9.17) is 0 Å². The Morgan fingerprint density at radius 3 is 2.95 bits per heavy atom. The van der Waals surface area contributed by atoms with Gasteiger partial charge in [0.05, 0.1) is 17.1 Å². The fraction of sp³-hybridized carbons (Fsp3) is 0.357. The third kappa shape index (κ3) is 2.21. The van der Waals surface area contributed by atoms with Crippen LogP contribution >= 0.6 is 22.6 Å². The highest BCUT2D eigenvalue weighted by Gasteiger charge is 2.31. The van der Waals surface area contributed by atoms with Gasteiger partial charge in [0.1, 0.15) is 0 Å². The van der Waals surface area contributed by atoms with Gasteiger partial charge >= 0.3 is 0 Å². The number of carbonyl (C=O) groups excluding carboxylic acids is 2. The molecule has 2 amide bonds. The molecule has 0 aliphatic carbocycles. The van der Waals surface area contributed by atoms with E-state index in [1.807, 2.05) is 17.8 Å². The van der Waals surface area contributed by atoms with Crippen molar-refractivity contribution < 1.29 is 9.59 Å². The number of carbonyl (C=O) groups is 2. The van der Waals surface area contributed by atoms with Crippen molar-refractivity contribution in [2.75, 3.05) is 0 Å². The van der Waals surface area contributed by atoms with Crippen LogP contribution in [0.4, 0.5) is 0 Å². The molecule has 6 heteroatoms. The van der Waals surface area contributed by atoms with Gasteiger partial charge in [-0.3, -0.25) is 19.6 Å². The van der Waals surface area contributed by atoms with Crippen LogP contribution in [0.2, 0.25) is 0 Å². The molecule has 1 unspecified atom stereocenters. The molecule has 2 aromatic rings. The van der Waals surface area contributed by atoms with E-state index in [0.29, 0.717) is 12.8 Å². The topological polar surface area (TPSA) is 64.0 Å². The Morgan fingerprint density at radius 2 is 2.25 bits per heavy atom. The van der Waals surface area contributed by atoms with E-state index in [0.717, 1.165) is 21.0 Å². The fourth-order valence-corrected chi connectivity index (χ4v) is 3.10. The van der Waals surface area contributed by atoms with E-state index < -0.39 is 0 Å². The first kappa shape index (κ1) is 13.5.